The molecule has 0 aromatic heterocycles. The maximum absolute atomic E-state index is 6.31. The summed E-state index contributed by atoms with van der Waals surface area (Å²) in [6, 6.07) is 5.88. The second-order valence-electron chi connectivity index (χ2n) is 4.24. The van der Waals surface area contributed by atoms with Gasteiger partial charge in [-0.1, -0.05) is 17.7 Å². The maximum atomic E-state index is 6.31. The molecule has 0 spiro atoms. The number of methoxy groups -OCH3 is 1. The first-order chi connectivity index (χ1) is 7.15. The third-order valence-electron chi connectivity index (χ3n) is 3.15. The van der Waals surface area contributed by atoms with Crippen LogP contribution in [0, 0.1) is 0 Å². The highest BCUT2D eigenvalue weighted by molar-refractivity contribution is 6.30. The van der Waals surface area contributed by atoms with Crippen molar-refractivity contribution in [3.63, 3.8) is 0 Å². The summed E-state index contributed by atoms with van der Waals surface area (Å²) in [7, 11) is 1.70. The molecule has 0 saturated heterocycles. The molecular formula is C12H16ClNO. The lowest BCUT2D eigenvalue weighted by molar-refractivity contribution is 0.178. The summed E-state index contributed by atoms with van der Waals surface area (Å²) in [5.41, 5.74) is 8.45. The lowest BCUT2D eigenvalue weighted by Crippen LogP contribution is -2.44. The number of hydrogen-bond acceptors (Lipinski definition) is 2. The van der Waals surface area contributed by atoms with E-state index >= 15 is 0 Å². The number of hydrogen-bond donors (Lipinski definition) is 1. The normalized spacial score (nSPS) is 18.6. The molecule has 1 aliphatic rings. The third kappa shape index (κ3) is 2.03. The average Bonchev–Trinajstić information content (AvgIpc) is 2.17. The fraction of sp³-hybridized carbons (Fsp3) is 0.500. The van der Waals surface area contributed by atoms with Crippen LogP contribution in [0.2, 0.25) is 5.02 Å². The Labute approximate surface area is 95.4 Å². The Bertz CT molecular complexity index is 361. The van der Waals surface area contributed by atoms with Gasteiger partial charge in [0, 0.05) is 17.7 Å². The summed E-state index contributed by atoms with van der Waals surface area (Å²) in [6.07, 6.45) is 3.30. The van der Waals surface area contributed by atoms with Crippen LogP contribution in [0.4, 0.5) is 0 Å². The molecule has 15 heavy (non-hydrogen) atoms. The van der Waals surface area contributed by atoms with Gasteiger partial charge in [0.2, 0.25) is 0 Å². The van der Waals surface area contributed by atoms with E-state index in [1.807, 2.05) is 18.2 Å². The van der Waals surface area contributed by atoms with Crippen LogP contribution in [0.1, 0.15) is 30.4 Å². The van der Waals surface area contributed by atoms with E-state index in [1.54, 1.807) is 7.11 Å². The zero-order valence-corrected chi connectivity index (χ0v) is 9.68. The minimum absolute atomic E-state index is 0.168. The van der Waals surface area contributed by atoms with E-state index in [9.17, 15) is 0 Å². The van der Waals surface area contributed by atoms with E-state index < -0.39 is 0 Å². The minimum Gasteiger partial charge on any atom is -0.380 e. The van der Waals surface area contributed by atoms with Gasteiger partial charge in [0.25, 0.3) is 0 Å². The third-order valence-corrected chi connectivity index (χ3v) is 3.39. The molecule has 2 nitrogen and oxygen atoms in total. The summed E-state index contributed by atoms with van der Waals surface area (Å²) < 4.78 is 5.17. The monoisotopic (exact) mass is 225 g/mol. The van der Waals surface area contributed by atoms with Crippen LogP contribution in [-0.4, -0.2) is 7.11 Å². The number of nitrogens with two attached hydrogens (primary N) is 1. The molecule has 1 saturated carbocycles. The van der Waals surface area contributed by atoms with Crippen LogP contribution in [0.3, 0.4) is 0 Å². The standard InChI is InChI=1S/C12H16ClNO/c1-15-8-9-3-4-10(13)7-11(9)12(14)5-2-6-12/h3-4,7H,2,5-6,8,14H2,1H3. The molecule has 2 N–H and O–H groups in total. The molecule has 0 unspecified atom stereocenters. The Morgan fingerprint density at radius 3 is 2.73 bits per heavy atom. The van der Waals surface area contributed by atoms with Gasteiger partial charge < -0.3 is 10.5 Å². The van der Waals surface area contributed by atoms with Crippen molar-refractivity contribution in [2.75, 3.05) is 7.11 Å². The van der Waals surface area contributed by atoms with Crippen molar-refractivity contribution in [3.05, 3.63) is 34.3 Å². The zero-order chi connectivity index (χ0) is 10.9. The first-order valence-corrected chi connectivity index (χ1v) is 5.60. The van der Waals surface area contributed by atoms with E-state index in [0.717, 1.165) is 29.0 Å². The van der Waals surface area contributed by atoms with E-state index in [-0.39, 0.29) is 5.54 Å². The molecule has 1 aromatic rings. The number of halogens is 1. The van der Waals surface area contributed by atoms with E-state index in [1.165, 1.54) is 6.42 Å². The number of rotatable bonds is 3. The largest absolute Gasteiger partial charge is 0.380 e. The van der Waals surface area contributed by atoms with E-state index in [0.29, 0.717) is 6.61 Å². The summed E-state index contributed by atoms with van der Waals surface area (Å²) >= 11 is 6.01. The highest BCUT2D eigenvalue weighted by Crippen LogP contribution is 2.41. The van der Waals surface area contributed by atoms with Crippen molar-refractivity contribution in [2.45, 2.75) is 31.4 Å². The van der Waals surface area contributed by atoms with E-state index in [4.69, 9.17) is 22.1 Å². The van der Waals surface area contributed by atoms with Crippen LogP contribution in [0.25, 0.3) is 0 Å². The molecule has 0 atom stereocenters. The summed E-state index contributed by atoms with van der Waals surface area (Å²) in [6.45, 7) is 0.603. The summed E-state index contributed by atoms with van der Waals surface area (Å²) in [5, 5.41) is 0.751. The van der Waals surface area contributed by atoms with Crippen LogP contribution < -0.4 is 5.73 Å². The summed E-state index contributed by atoms with van der Waals surface area (Å²) in [4.78, 5) is 0. The predicted molar refractivity (Wildman–Crippen MR) is 61.9 cm³/mol. The molecule has 0 heterocycles. The van der Waals surface area contributed by atoms with Crippen LogP contribution in [0.15, 0.2) is 18.2 Å². The SMILES string of the molecule is COCc1ccc(Cl)cc1C1(N)CCC1. The van der Waals surface area contributed by atoms with Crippen molar-refractivity contribution >= 4 is 11.6 Å². The lowest BCUT2D eigenvalue weighted by atomic mass is 9.71. The van der Waals surface area contributed by atoms with Crippen molar-refractivity contribution < 1.29 is 4.74 Å². The summed E-state index contributed by atoms with van der Waals surface area (Å²) in [5.74, 6) is 0. The van der Waals surface area contributed by atoms with Gasteiger partial charge in [0.1, 0.15) is 0 Å². The topological polar surface area (TPSA) is 35.2 Å². The second kappa shape index (κ2) is 4.12. The van der Waals surface area contributed by atoms with Gasteiger partial charge in [-0.05, 0) is 42.5 Å². The maximum Gasteiger partial charge on any atom is 0.0716 e. The van der Waals surface area contributed by atoms with Gasteiger partial charge in [-0.25, -0.2) is 0 Å². The van der Waals surface area contributed by atoms with Gasteiger partial charge in [0.05, 0.1) is 6.61 Å². The molecule has 2 rings (SSSR count). The lowest BCUT2D eigenvalue weighted by Gasteiger charge is -2.40. The molecule has 3 heteroatoms. The molecule has 0 aliphatic heterocycles. The van der Waals surface area contributed by atoms with Gasteiger partial charge in [-0.2, -0.15) is 0 Å². The molecule has 0 bridgehead atoms. The smallest absolute Gasteiger partial charge is 0.0716 e. The molecule has 1 fully saturated rings. The predicted octanol–water partition coefficient (Wildman–Crippen LogP) is 2.82. The fourth-order valence-corrected chi connectivity index (χ4v) is 2.29. The van der Waals surface area contributed by atoms with Gasteiger partial charge in [-0.15, -0.1) is 0 Å². The number of benzene rings is 1. The first-order valence-electron chi connectivity index (χ1n) is 5.22. The van der Waals surface area contributed by atoms with Crippen molar-refractivity contribution in [3.8, 4) is 0 Å². The minimum atomic E-state index is -0.168. The molecule has 1 aromatic carbocycles. The Hall–Kier alpha value is -0.570. The van der Waals surface area contributed by atoms with Crippen LogP contribution in [0.5, 0.6) is 0 Å². The van der Waals surface area contributed by atoms with Crippen LogP contribution in [-0.2, 0) is 16.9 Å². The Morgan fingerprint density at radius 2 is 2.20 bits per heavy atom. The Kier molecular flexibility index (Phi) is 3.01. The van der Waals surface area contributed by atoms with E-state index in [2.05, 4.69) is 0 Å². The van der Waals surface area contributed by atoms with Gasteiger partial charge >= 0.3 is 0 Å². The van der Waals surface area contributed by atoms with Crippen molar-refractivity contribution in [2.24, 2.45) is 5.73 Å². The molecule has 82 valence electrons. The zero-order valence-electron chi connectivity index (χ0n) is 8.92. The van der Waals surface area contributed by atoms with Crippen molar-refractivity contribution in [1.82, 2.24) is 0 Å². The highest BCUT2D eigenvalue weighted by atomic mass is 35.5. The van der Waals surface area contributed by atoms with Crippen LogP contribution >= 0.6 is 11.6 Å². The molecule has 0 amide bonds. The molecule has 1 aliphatic carbocycles. The highest BCUT2D eigenvalue weighted by Gasteiger charge is 2.36. The Balaban J connectivity index is 2.38. The number of ether oxygens (including phenoxy) is 1. The van der Waals surface area contributed by atoms with Gasteiger partial charge in [0.15, 0.2) is 0 Å². The quantitative estimate of drug-likeness (QED) is 0.859. The second-order valence-corrected chi connectivity index (χ2v) is 4.68. The molecule has 0 radical (unpaired) electrons. The molecular weight excluding hydrogens is 210 g/mol. The van der Waals surface area contributed by atoms with Gasteiger partial charge in [-0.3, -0.25) is 0 Å². The average molecular weight is 226 g/mol. The fourth-order valence-electron chi connectivity index (χ4n) is 2.12. The van der Waals surface area contributed by atoms with Crippen molar-refractivity contribution in [1.29, 1.82) is 0 Å². The Morgan fingerprint density at radius 1 is 1.47 bits per heavy atom. The first kappa shape index (κ1) is 10.9.